The van der Waals surface area contributed by atoms with E-state index < -0.39 is 5.97 Å². The van der Waals surface area contributed by atoms with Gasteiger partial charge in [-0.2, -0.15) is 0 Å². The lowest BCUT2D eigenvalue weighted by molar-refractivity contribution is -0.125. The van der Waals surface area contributed by atoms with E-state index in [9.17, 15) is 14.7 Å². The monoisotopic (exact) mass is 315 g/mol. The van der Waals surface area contributed by atoms with Gasteiger partial charge in [-0.15, -0.1) is 0 Å². The van der Waals surface area contributed by atoms with Crippen molar-refractivity contribution in [1.82, 2.24) is 5.32 Å². The molecule has 5 heteroatoms. The molecule has 0 aromatic heterocycles. The van der Waals surface area contributed by atoms with Crippen LogP contribution in [0.15, 0.2) is 36.4 Å². The van der Waals surface area contributed by atoms with Crippen LogP contribution in [-0.2, 0) is 9.53 Å². The van der Waals surface area contributed by atoms with Crippen LogP contribution in [0.3, 0.4) is 0 Å². The summed E-state index contributed by atoms with van der Waals surface area (Å²) in [6.45, 7) is 5.36. The summed E-state index contributed by atoms with van der Waals surface area (Å²) in [5.41, 5.74) is -0.305. The van der Waals surface area contributed by atoms with Crippen molar-refractivity contribution in [3.63, 3.8) is 0 Å². The highest BCUT2D eigenvalue weighted by molar-refractivity contribution is 5.99. The van der Waals surface area contributed by atoms with Crippen molar-refractivity contribution in [3.05, 3.63) is 42.0 Å². The summed E-state index contributed by atoms with van der Waals surface area (Å²) in [4.78, 5) is 23.9. The maximum Gasteiger partial charge on any atom is 0.342 e. The average Bonchev–Trinajstić information content (AvgIpc) is 2.51. The molecule has 0 aliphatic heterocycles. The average molecular weight is 315 g/mol. The van der Waals surface area contributed by atoms with E-state index in [2.05, 4.69) is 5.32 Å². The first-order chi connectivity index (χ1) is 10.8. The zero-order valence-corrected chi connectivity index (χ0v) is 13.6. The summed E-state index contributed by atoms with van der Waals surface area (Å²) in [5, 5.41) is 14.4. The zero-order valence-electron chi connectivity index (χ0n) is 13.6. The number of carbonyl (C=O) groups is 2. The molecule has 0 saturated carbocycles. The molecule has 23 heavy (non-hydrogen) atoms. The molecule has 1 amide bonds. The highest BCUT2D eigenvalue weighted by Crippen LogP contribution is 2.25. The number of carbonyl (C=O) groups excluding carboxylic acids is 2. The number of phenols is 1. The molecule has 0 saturated heterocycles. The van der Waals surface area contributed by atoms with Crippen molar-refractivity contribution in [2.45, 2.75) is 32.7 Å². The predicted octanol–water partition coefficient (Wildman–Crippen LogP) is 3.01. The number of rotatable bonds is 5. The second-order valence-electron chi connectivity index (χ2n) is 6.08. The molecule has 2 N–H and O–H groups in total. The summed E-state index contributed by atoms with van der Waals surface area (Å²) in [6, 6.07) is 10.4. The number of phenolic OH excluding ortho intramolecular Hbond substituents is 1. The van der Waals surface area contributed by atoms with Crippen LogP contribution >= 0.6 is 0 Å². The number of benzene rings is 2. The van der Waals surface area contributed by atoms with Gasteiger partial charge in [-0.25, -0.2) is 4.79 Å². The van der Waals surface area contributed by atoms with Gasteiger partial charge in [-0.1, -0.05) is 31.2 Å². The number of nitrogens with one attached hydrogen (secondary N) is 1. The normalized spacial score (nSPS) is 11.3. The summed E-state index contributed by atoms with van der Waals surface area (Å²) < 4.78 is 5.00. The maximum atomic E-state index is 12.1. The molecule has 2 rings (SSSR count). The van der Waals surface area contributed by atoms with Crippen LogP contribution in [0.5, 0.6) is 5.75 Å². The standard InChI is InChI=1S/C18H21NO4/c1-4-18(2,3)19-16(21)11-23-17(22)14-9-12-7-5-6-8-13(12)10-15(14)20/h5-10,20H,4,11H2,1-3H3,(H,19,21). The van der Waals surface area contributed by atoms with Gasteiger partial charge in [0.25, 0.3) is 5.91 Å². The fraction of sp³-hybridized carbons (Fsp3) is 0.333. The van der Waals surface area contributed by atoms with Crippen LogP contribution < -0.4 is 5.32 Å². The van der Waals surface area contributed by atoms with E-state index in [0.29, 0.717) is 0 Å². The second kappa shape index (κ2) is 6.69. The quantitative estimate of drug-likeness (QED) is 0.832. The third-order valence-electron chi connectivity index (χ3n) is 3.78. The van der Waals surface area contributed by atoms with Crippen molar-refractivity contribution in [1.29, 1.82) is 0 Å². The van der Waals surface area contributed by atoms with E-state index in [1.807, 2.05) is 45.0 Å². The molecule has 2 aromatic rings. The predicted molar refractivity (Wildman–Crippen MR) is 88.4 cm³/mol. The lowest BCUT2D eigenvalue weighted by Gasteiger charge is -2.24. The van der Waals surface area contributed by atoms with Gasteiger partial charge in [-0.05, 0) is 43.2 Å². The van der Waals surface area contributed by atoms with Crippen LogP contribution in [0.1, 0.15) is 37.6 Å². The van der Waals surface area contributed by atoms with E-state index in [-0.39, 0.29) is 29.4 Å². The molecule has 0 unspecified atom stereocenters. The first kappa shape index (κ1) is 16.8. The van der Waals surface area contributed by atoms with E-state index in [1.54, 1.807) is 6.07 Å². The Kier molecular flexibility index (Phi) is 4.89. The lowest BCUT2D eigenvalue weighted by Crippen LogP contribution is -2.44. The number of amides is 1. The Morgan fingerprint density at radius 3 is 2.39 bits per heavy atom. The molecule has 122 valence electrons. The van der Waals surface area contributed by atoms with Crippen molar-refractivity contribution >= 4 is 22.6 Å². The minimum absolute atomic E-state index is 0.0475. The summed E-state index contributed by atoms with van der Waals surface area (Å²) in [5.74, 6) is -1.26. The molecule has 2 aromatic carbocycles. The topological polar surface area (TPSA) is 75.6 Å². The number of hydrogen-bond donors (Lipinski definition) is 2. The fourth-order valence-corrected chi connectivity index (χ4v) is 2.10. The van der Waals surface area contributed by atoms with Gasteiger partial charge in [0.15, 0.2) is 6.61 Å². The second-order valence-corrected chi connectivity index (χ2v) is 6.08. The summed E-state index contributed by atoms with van der Waals surface area (Å²) >= 11 is 0. The molecule has 5 nitrogen and oxygen atoms in total. The first-order valence-electron chi connectivity index (χ1n) is 7.52. The Bertz CT molecular complexity index is 737. The molecule has 0 spiro atoms. The fourth-order valence-electron chi connectivity index (χ4n) is 2.10. The van der Waals surface area contributed by atoms with Crippen LogP contribution in [0.25, 0.3) is 10.8 Å². The Hall–Kier alpha value is -2.56. The number of hydrogen-bond acceptors (Lipinski definition) is 4. The van der Waals surface area contributed by atoms with Crippen molar-refractivity contribution < 1.29 is 19.4 Å². The van der Waals surface area contributed by atoms with Crippen LogP contribution in [0, 0.1) is 0 Å². The van der Waals surface area contributed by atoms with Gasteiger partial charge < -0.3 is 15.2 Å². The number of ether oxygens (including phenoxy) is 1. The van der Waals surface area contributed by atoms with E-state index in [0.717, 1.165) is 17.2 Å². The Morgan fingerprint density at radius 2 is 1.78 bits per heavy atom. The summed E-state index contributed by atoms with van der Waals surface area (Å²) in [6.07, 6.45) is 0.762. The molecular weight excluding hydrogens is 294 g/mol. The van der Waals surface area contributed by atoms with Crippen LogP contribution in [-0.4, -0.2) is 29.1 Å². The SMILES string of the molecule is CCC(C)(C)NC(=O)COC(=O)c1cc2ccccc2cc1O. The van der Waals surface area contributed by atoms with E-state index >= 15 is 0 Å². The van der Waals surface area contributed by atoms with Crippen LogP contribution in [0.2, 0.25) is 0 Å². The Labute approximate surface area is 135 Å². The van der Waals surface area contributed by atoms with Gasteiger partial charge in [0.05, 0.1) is 0 Å². The lowest BCUT2D eigenvalue weighted by atomic mass is 10.0. The maximum absolute atomic E-state index is 12.1. The summed E-state index contributed by atoms with van der Waals surface area (Å²) in [7, 11) is 0. The van der Waals surface area contributed by atoms with Gasteiger partial charge >= 0.3 is 5.97 Å². The minimum Gasteiger partial charge on any atom is -0.507 e. The molecule has 0 fully saturated rings. The number of fused-ring (bicyclic) bond motifs is 1. The third kappa shape index (κ3) is 4.22. The number of esters is 1. The van der Waals surface area contributed by atoms with Crippen LogP contribution in [0.4, 0.5) is 0 Å². The smallest absolute Gasteiger partial charge is 0.342 e. The van der Waals surface area contributed by atoms with Gasteiger partial charge in [0.1, 0.15) is 11.3 Å². The molecule has 0 bridgehead atoms. The molecule has 0 aliphatic rings. The number of aromatic hydroxyl groups is 1. The molecule has 0 atom stereocenters. The highest BCUT2D eigenvalue weighted by Gasteiger charge is 2.20. The first-order valence-corrected chi connectivity index (χ1v) is 7.52. The Morgan fingerprint density at radius 1 is 1.17 bits per heavy atom. The van der Waals surface area contributed by atoms with Crippen molar-refractivity contribution in [3.8, 4) is 5.75 Å². The third-order valence-corrected chi connectivity index (χ3v) is 3.78. The highest BCUT2D eigenvalue weighted by atomic mass is 16.5. The van der Waals surface area contributed by atoms with E-state index in [4.69, 9.17) is 4.74 Å². The van der Waals surface area contributed by atoms with Crippen molar-refractivity contribution in [2.24, 2.45) is 0 Å². The zero-order chi connectivity index (χ0) is 17.0. The minimum atomic E-state index is -0.724. The van der Waals surface area contributed by atoms with Crippen molar-refractivity contribution in [2.75, 3.05) is 6.61 Å². The molecule has 0 radical (unpaired) electrons. The van der Waals surface area contributed by atoms with E-state index in [1.165, 1.54) is 6.07 Å². The largest absolute Gasteiger partial charge is 0.507 e. The molecule has 0 heterocycles. The molecule has 0 aliphatic carbocycles. The van der Waals surface area contributed by atoms with Gasteiger partial charge in [0, 0.05) is 5.54 Å². The molecular formula is C18H21NO4. The Balaban J connectivity index is 2.06. The van der Waals surface area contributed by atoms with Gasteiger partial charge in [-0.3, -0.25) is 4.79 Å². The van der Waals surface area contributed by atoms with Gasteiger partial charge in [0.2, 0.25) is 0 Å².